The van der Waals surface area contributed by atoms with E-state index in [0.29, 0.717) is 0 Å². The SMILES string of the molecule is Cc1cc(F)cc(C#CCN2CCN(c3nccs3)CC2)c1. The Bertz CT molecular complexity index is 659. The van der Waals surface area contributed by atoms with Gasteiger partial charge in [-0.2, -0.15) is 0 Å². The first-order valence-electron chi connectivity index (χ1n) is 7.33. The lowest BCUT2D eigenvalue weighted by molar-refractivity contribution is 0.288. The van der Waals surface area contributed by atoms with Crippen LogP contribution in [0.15, 0.2) is 29.8 Å². The fourth-order valence-electron chi connectivity index (χ4n) is 2.53. The molecule has 1 saturated heterocycles. The first-order valence-corrected chi connectivity index (χ1v) is 8.21. The van der Waals surface area contributed by atoms with Crippen LogP contribution in [0, 0.1) is 24.6 Å². The molecule has 22 heavy (non-hydrogen) atoms. The summed E-state index contributed by atoms with van der Waals surface area (Å²) in [6.45, 7) is 6.53. The maximum atomic E-state index is 13.3. The second-order valence-electron chi connectivity index (χ2n) is 5.40. The zero-order valence-electron chi connectivity index (χ0n) is 12.6. The van der Waals surface area contributed by atoms with Gasteiger partial charge in [0.15, 0.2) is 5.13 Å². The Labute approximate surface area is 134 Å². The van der Waals surface area contributed by atoms with Gasteiger partial charge in [-0.15, -0.1) is 11.3 Å². The van der Waals surface area contributed by atoms with Crippen LogP contribution in [0.25, 0.3) is 0 Å². The van der Waals surface area contributed by atoms with Gasteiger partial charge in [-0.3, -0.25) is 4.90 Å². The van der Waals surface area contributed by atoms with Crippen molar-refractivity contribution in [2.24, 2.45) is 0 Å². The van der Waals surface area contributed by atoms with Gasteiger partial charge in [-0.1, -0.05) is 11.8 Å². The zero-order chi connectivity index (χ0) is 15.4. The molecule has 2 heterocycles. The van der Waals surface area contributed by atoms with E-state index in [4.69, 9.17) is 0 Å². The summed E-state index contributed by atoms with van der Waals surface area (Å²) in [6.07, 6.45) is 1.85. The van der Waals surface area contributed by atoms with E-state index in [1.807, 2.05) is 24.6 Å². The fourth-order valence-corrected chi connectivity index (χ4v) is 3.23. The maximum absolute atomic E-state index is 13.3. The highest BCUT2D eigenvalue weighted by Gasteiger charge is 2.17. The summed E-state index contributed by atoms with van der Waals surface area (Å²) in [5, 5.41) is 3.11. The predicted octanol–water partition coefficient (Wildman–Crippen LogP) is 2.76. The number of hydrogen-bond donors (Lipinski definition) is 0. The maximum Gasteiger partial charge on any atom is 0.185 e. The Hall–Kier alpha value is -1.90. The third-order valence-corrected chi connectivity index (χ3v) is 4.47. The van der Waals surface area contributed by atoms with Crippen molar-refractivity contribution < 1.29 is 4.39 Å². The molecule has 1 aliphatic heterocycles. The number of thiazole rings is 1. The van der Waals surface area contributed by atoms with Crippen molar-refractivity contribution in [2.45, 2.75) is 6.92 Å². The highest BCUT2D eigenvalue weighted by molar-refractivity contribution is 7.13. The Kier molecular flexibility index (Phi) is 4.71. The molecule has 1 fully saturated rings. The normalized spacial score (nSPS) is 15.5. The van der Waals surface area contributed by atoms with Crippen LogP contribution in [0.3, 0.4) is 0 Å². The zero-order valence-corrected chi connectivity index (χ0v) is 13.4. The summed E-state index contributed by atoms with van der Waals surface area (Å²) in [7, 11) is 0. The van der Waals surface area contributed by atoms with E-state index in [-0.39, 0.29) is 5.82 Å². The summed E-state index contributed by atoms with van der Waals surface area (Å²) < 4.78 is 13.3. The lowest BCUT2D eigenvalue weighted by atomic mass is 10.1. The molecule has 0 aliphatic carbocycles. The molecule has 0 amide bonds. The monoisotopic (exact) mass is 315 g/mol. The number of rotatable bonds is 2. The standard InChI is InChI=1S/C17H18FN3S/c1-14-11-15(13-16(18)12-14)3-2-5-20-6-8-21(9-7-20)17-19-4-10-22-17/h4,10-13H,5-9H2,1H3. The van der Waals surface area contributed by atoms with Gasteiger partial charge in [-0.25, -0.2) is 9.37 Å². The van der Waals surface area contributed by atoms with E-state index in [9.17, 15) is 4.39 Å². The molecule has 1 aromatic heterocycles. The first kappa shape index (κ1) is 15.0. The van der Waals surface area contributed by atoms with Gasteiger partial charge in [-0.05, 0) is 30.7 Å². The summed E-state index contributed by atoms with van der Waals surface area (Å²) >= 11 is 1.68. The second kappa shape index (κ2) is 6.91. The number of halogens is 1. The molecule has 0 radical (unpaired) electrons. The van der Waals surface area contributed by atoms with Gasteiger partial charge in [0.2, 0.25) is 0 Å². The van der Waals surface area contributed by atoms with Gasteiger partial charge in [0.25, 0.3) is 0 Å². The fraction of sp³-hybridized carbons (Fsp3) is 0.353. The van der Waals surface area contributed by atoms with Gasteiger partial charge in [0.05, 0.1) is 6.54 Å². The number of anilines is 1. The van der Waals surface area contributed by atoms with Crippen molar-refractivity contribution in [3.05, 3.63) is 46.7 Å². The van der Waals surface area contributed by atoms with Gasteiger partial charge in [0, 0.05) is 43.3 Å². The Balaban J connectivity index is 1.52. The van der Waals surface area contributed by atoms with Crippen LogP contribution >= 0.6 is 11.3 Å². The predicted molar refractivity (Wildman–Crippen MR) is 88.8 cm³/mol. The van der Waals surface area contributed by atoms with Crippen LogP contribution in [-0.2, 0) is 0 Å². The number of aromatic nitrogens is 1. The molecule has 3 nitrogen and oxygen atoms in total. The van der Waals surface area contributed by atoms with E-state index in [0.717, 1.165) is 49.0 Å². The summed E-state index contributed by atoms with van der Waals surface area (Å²) in [5.74, 6) is 5.99. The number of hydrogen-bond acceptors (Lipinski definition) is 4. The van der Waals surface area contributed by atoms with E-state index >= 15 is 0 Å². The number of benzene rings is 1. The van der Waals surface area contributed by atoms with Crippen molar-refractivity contribution in [3.8, 4) is 11.8 Å². The molecule has 0 atom stereocenters. The van der Waals surface area contributed by atoms with Crippen LogP contribution in [0.2, 0.25) is 0 Å². The minimum Gasteiger partial charge on any atom is -0.346 e. The molecular formula is C17H18FN3S. The second-order valence-corrected chi connectivity index (χ2v) is 6.27. The minimum atomic E-state index is -0.221. The molecule has 0 saturated carbocycles. The van der Waals surface area contributed by atoms with Gasteiger partial charge in [0.1, 0.15) is 5.82 Å². The Morgan fingerprint density at radius 3 is 2.73 bits per heavy atom. The molecule has 0 spiro atoms. The molecule has 1 aromatic carbocycles. The van der Waals surface area contributed by atoms with Crippen LogP contribution in [0.1, 0.15) is 11.1 Å². The smallest absolute Gasteiger partial charge is 0.185 e. The lowest BCUT2D eigenvalue weighted by Crippen LogP contribution is -2.46. The molecule has 3 rings (SSSR count). The van der Waals surface area contributed by atoms with E-state index in [1.54, 1.807) is 11.3 Å². The molecule has 2 aromatic rings. The summed E-state index contributed by atoms with van der Waals surface area (Å²) in [5.41, 5.74) is 1.65. The molecule has 0 N–H and O–H groups in total. The third kappa shape index (κ3) is 3.85. The Morgan fingerprint density at radius 1 is 1.23 bits per heavy atom. The molecular weight excluding hydrogens is 297 g/mol. The molecule has 114 valence electrons. The van der Waals surface area contributed by atoms with Crippen LogP contribution in [0.5, 0.6) is 0 Å². The summed E-state index contributed by atoms with van der Waals surface area (Å²) in [4.78, 5) is 8.98. The molecule has 5 heteroatoms. The number of aryl methyl sites for hydroxylation is 1. The number of piperazine rings is 1. The lowest BCUT2D eigenvalue weighted by Gasteiger charge is -2.33. The molecule has 0 unspecified atom stereocenters. The highest BCUT2D eigenvalue weighted by atomic mass is 32.1. The van der Waals surface area contributed by atoms with E-state index in [2.05, 4.69) is 26.6 Å². The molecule has 0 bridgehead atoms. The van der Waals surface area contributed by atoms with Crippen molar-refractivity contribution >= 4 is 16.5 Å². The van der Waals surface area contributed by atoms with Crippen molar-refractivity contribution in [2.75, 3.05) is 37.6 Å². The van der Waals surface area contributed by atoms with Crippen LogP contribution < -0.4 is 4.90 Å². The van der Waals surface area contributed by atoms with Gasteiger partial charge < -0.3 is 4.90 Å². The van der Waals surface area contributed by atoms with Crippen molar-refractivity contribution in [1.29, 1.82) is 0 Å². The van der Waals surface area contributed by atoms with E-state index < -0.39 is 0 Å². The largest absolute Gasteiger partial charge is 0.346 e. The third-order valence-electron chi connectivity index (χ3n) is 3.64. The highest BCUT2D eigenvalue weighted by Crippen LogP contribution is 2.18. The molecule has 1 aliphatic rings. The average Bonchev–Trinajstić information content (AvgIpc) is 3.01. The quantitative estimate of drug-likeness (QED) is 0.795. The summed E-state index contributed by atoms with van der Waals surface area (Å²) in [6, 6.07) is 4.92. The van der Waals surface area contributed by atoms with Crippen LogP contribution in [-0.4, -0.2) is 42.6 Å². The minimum absolute atomic E-state index is 0.221. The van der Waals surface area contributed by atoms with Crippen molar-refractivity contribution in [1.82, 2.24) is 9.88 Å². The van der Waals surface area contributed by atoms with Crippen LogP contribution in [0.4, 0.5) is 9.52 Å². The first-order chi connectivity index (χ1) is 10.7. The van der Waals surface area contributed by atoms with Crippen molar-refractivity contribution in [3.63, 3.8) is 0 Å². The number of nitrogens with zero attached hydrogens (tertiary/aromatic N) is 3. The van der Waals surface area contributed by atoms with E-state index in [1.165, 1.54) is 12.1 Å². The topological polar surface area (TPSA) is 19.4 Å². The van der Waals surface area contributed by atoms with Gasteiger partial charge >= 0.3 is 0 Å². The Morgan fingerprint density at radius 2 is 2.05 bits per heavy atom. The average molecular weight is 315 g/mol.